The van der Waals surface area contributed by atoms with E-state index >= 15 is 0 Å². The van der Waals surface area contributed by atoms with E-state index in [4.69, 9.17) is 16.0 Å². The number of carbonyl (C=O) groups is 1. The van der Waals surface area contributed by atoms with Gasteiger partial charge >= 0.3 is 0 Å². The quantitative estimate of drug-likeness (QED) is 0.564. The number of halogens is 1. The number of rotatable bonds is 3. The molecule has 1 heterocycles. The van der Waals surface area contributed by atoms with Crippen LogP contribution in [0.1, 0.15) is 12.7 Å². The SMILES string of the molecule is CC(/C=C/c1ccc(Cl)o1)=C\C(=O)[O-]. The minimum Gasteiger partial charge on any atom is -0.545 e. The highest BCUT2D eigenvalue weighted by molar-refractivity contribution is 6.28. The lowest BCUT2D eigenvalue weighted by atomic mass is 10.2. The summed E-state index contributed by atoms with van der Waals surface area (Å²) in [6.45, 7) is 1.65. The molecule has 0 amide bonds. The van der Waals surface area contributed by atoms with Crippen LogP contribution in [0.5, 0.6) is 0 Å². The summed E-state index contributed by atoms with van der Waals surface area (Å²) < 4.78 is 5.03. The van der Waals surface area contributed by atoms with Crippen LogP contribution in [-0.2, 0) is 4.79 Å². The molecule has 14 heavy (non-hydrogen) atoms. The summed E-state index contributed by atoms with van der Waals surface area (Å²) in [4.78, 5) is 10.2. The van der Waals surface area contributed by atoms with Crippen molar-refractivity contribution in [2.45, 2.75) is 6.92 Å². The Morgan fingerprint density at radius 3 is 2.79 bits per heavy atom. The minimum absolute atomic E-state index is 0.297. The zero-order chi connectivity index (χ0) is 10.6. The van der Waals surface area contributed by atoms with Gasteiger partial charge in [0.15, 0.2) is 5.22 Å². The summed E-state index contributed by atoms with van der Waals surface area (Å²) in [7, 11) is 0. The van der Waals surface area contributed by atoms with Gasteiger partial charge in [-0.1, -0.05) is 6.08 Å². The second-order valence-corrected chi connectivity index (χ2v) is 3.06. The van der Waals surface area contributed by atoms with Crippen LogP contribution in [0.4, 0.5) is 0 Å². The number of hydrogen-bond acceptors (Lipinski definition) is 3. The molecule has 0 spiro atoms. The normalized spacial score (nSPS) is 12.3. The number of carbonyl (C=O) groups excluding carboxylic acids is 1. The molecule has 0 fully saturated rings. The predicted octanol–water partition coefficient (Wildman–Crippen LogP) is 1.64. The van der Waals surface area contributed by atoms with Crippen molar-refractivity contribution in [2.24, 2.45) is 0 Å². The Morgan fingerprint density at radius 2 is 2.29 bits per heavy atom. The van der Waals surface area contributed by atoms with Crippen molar-refractivity contribution < 1.29 is 14.3 Å². The number of hydrogen-bond donors (Lipinski definition) is 0. The smallest absolute Gasteiger partial charge is 0.193 e. The molecular weight excluding hydrogens is 204 g/mol. The third kappa shape index (κ3) is 3.49. The molecule has 74 valence electrons. The Hall–Kier alpha value is -1.48. The minimum atomic E-state index is -1.22. The zero-order valence-electron chi connectivity index (χ0n) is 7.49. The highest BCUT2D eigenvalue weighted by Crippen LogP contribution is 2.14. The molecule has 0 aliphatic heterocycles. The van der Waals surface area contributed by atoms with E-state index in [9.17, 15) is 9.90 Å². The number of carboxylic acid groups (broad SMARTS) is 1. The van der Waals surface area contributed by atoms with Gasteiger partial charge in [-0.2, -0.15) is 0 Å². The summed E-state index contributed by atoms with van der Waals surface area (Å²) in [5, 5.41) is 10.5. The second-order valence-electron chi connectivity index (χ2n) is 2.68. The van der Waals surface area contributed by atoms with Gasteiger partial charge in [0.1, 0.15) is 5.76 Å². The van der Waals surface area contributed by atoms with Crippen LogP contribution in [0.15, 0.2) is 34.3 Å². The van der Waals surface area contributed by atoms with E-state index in [1.165, 1.54) is 0 Å². The maximum Gasteiger partial charge on any atom is 0.193 e. The van der Waals surface area contributed by atoms with Crippen LogP contribution in [0.2, 0.25) is 5.22 Å². The van der Waals surface area contributed by atoms with Gasteiger partial charge in [0.25, 0.3) is 0 Å². The molecule has 3 nitrogen and oxygen atoms in total. The molecule has 0 bridgehead atoms. The van der Waals surface area contributed by atoms with Crippen molar-refractivity contribution in [2.75, 3.05) is 0 Å². The fourth-order valence-corrected chi connectivity index (χ4v) is 1.02. The summed E-state index contributed by atoms with van der Waals surface area (Å²) in [6, 6.07) is 3.30. The average molecular weight is 212 g/mol. The molecule has 0 saturated heterocycles. The molecule has 1 rings (SSSR count). The summed E-state index contributed by atoms with van der Waals surface area (Å²) >= 11 is 5.54. The summed E-state index contributed by atoms with van der Waals surface area (Å²) in [6.07, 6.45) is 4.23. The molecule has 1 aromatic heterocycles. The maximum atomic E-state index is 10.2. The third-order valence-electron chi connectivity index (χ3n) is 1.45. The first-order valence-corrected chi connectivity index (χ1v) is 4.28. The summed E-state index contributed by atoms with van der Waals surface area (Å²) in [5.74, 6) is -0.647. The number of allylic oxidation sites excluding steroid dienone is 2. The van der Waals surface area contributed by atoms with Crippen LogP contribution >= 0.6 is 11.6 Å². The zero-order valence-corrected chi connectivity index (χ0v) is 8.25. The van der Waals surface area contributed by atoms with E-state index in [0.717, 1.165) is 6.08 Å². The van der Waals surface area contributed by atoms with Gasteiger partial charge in [-0.15, -0.1) is 0 Å². The Morgan fingerprint density at radius 1 is 1.57 bits per heavy atom. The molecular formula is C10H8ClO3-. The fraction of sp³-hybridized carbons (Fsp3) is 0.100. The molecule has 0 aliphatic carbocycles. The van der Waals surface area contributed by atoms with Crippen molar-refractivity contribution >= 4 is 23.6 Å². The topological polar surface area (TPSA) is 53.3 Å². The van der Waals surface area contributed by atoms with Gasteiger partial charge in [0, 0.05) is 0 Å². The standard InChI is InChI=1S/C10H9ClO3/c1-7(6-10(12)13)2-3-8-4-5-9(11)14-8/h2-6H,1H3,(H,12,13)/p-1/b3-2+,7-6+. The van der Waals surface area contributed by atoms with E-state index < -0.39 is 5.97 Å². The molecule has 0 aromatic carbocycles. The van der Waals surface area contributed by atoms with Gasteiger partial charge in [0.2, 0.25) is 0 Å². The monoisotopic (exact) mass is 211 g/mol. The lowest BCUT2D eigenvalue weighted by Crippen LogP contribution is -2.19. The van der Waals surface area contributed by atoms with E-state index in [0.29, 0.717) is 16.6 Å². The van der Waals surface area contributed by atoms with Crippen LogP contribution in [-0.4, -0.2) is 5.97 Å². The highest BCUT2D eigenvalue weighted by Gasteiger charge is 1.93. The molecule has 0 saturated carbocycles. The van der Waals surface area contributed by atoms with Crippen molar-refractivity contribution in [3.8, 4) is 0 Å². The molecule has 0 radical (unpaired) electrons. The molecule has 1 aromatic rings. The second kappa shape index (κ2) is 4.67. The molecule has 0 aliphatic rings. The molecule has 0 N–H and O–H groups in total. The highest BCUT2D eigenvalue weighted by atomic mass is 35.5. The van der Waals surface area contributed by atoms with Crippen LogP contribution in [0.25, 0.3) is 6.08 Å². The lowest BCUT2D eigenvalue weighted by molar-refractivity contribution is -0.297. The number of aliphatic carboxylic acids is 1. The first-order chi connectivity index (χ1) is 6.58. The predicted molar refractivity (Wildman–Crippen MR) is 51.5 cm³/mol. The van der Waals surface area contributed by atoms with Crippen molar-refractivity contribution in [1.29, 1.82) is 0 Å². The third-order valence-corrected chi connectivity index (χ3v) is 1.65. The van der Waals surface area contributed by atoms with Crippen LogP contribution in [0.3, 0.4) is 0 Å². The van der Waals surface area contributed by atoms with Crippen molar-refractivity contribution in [1.82, 2.24) is 0 Å². The van der Waals surface area contributed by atoms with Gasteiger partial charge in [-0.25, -0.2) is 0 Å². The summed E-state index contributed by atoms with van der Waals surface area (Å²) in [5.41, 5.74) is 0.567. The maximum absolute atomic E-state index is 10.2. The van der Waals surface area contributed by atoms with E-state index in [2.05, 4.69) is 0 Å². The molecule has 0 unspecified atom stereocenters. The lowest BCUT2D eigenvalue weighted by Gasteiger charge is -1.93. The van der Waals surface area contributed by atoms with Crippen LogP contribution in [0, 0.1) is 0 Å². The molecule has 0 atom stereocenters. The van der Waals surface area contributed by atoms with E-state index in [1.807, 2.05) is 0 Å². The first kappa shape index (κ1) is 10.6. The van der Waals surface area contributed by atoms with Gasteiger partial charge < -0.3 is 14.3 Å². The van der Waals surface area contributed by atoms with E-state index in [1.54, 1.807) is 31.2 Å². The van der Waals surface area contributed by atoms with E-state index in [-0.39, 0.29) is 0 Å². The number of furan rings is 1. The van der Waals surface area contributed by atoms with Crippen molar-refractivity contribution in [3.05, 3.63) is 40.8 Å². The Kier molecular flexibility index (Phi) is 3.54. The Bertz CT molecular complexity index is 388. The average Bonchev–Trinajstić information content (AvgIpc) is 2.47. The van der Waals surface area contributed by atoms with Gasteiger partial charge in [-0.3, -0.25) is 0 Å². The Balaban J connectivity index is 2.69. The number of carboxylic acids is 1. The van der Waals surface area contributed by atoms with Crippen molar-refractivity contribution in [3.63, 3.8) is 0 Å². The fourth-order valence-electron chi connectivity index (χ4n) is 0.865. The first-order valence-electron chi connectivity index (χ1n) is 3.90. The van der Waals surface area contributed by atoms with Crippen LogP contribution < -0.4 is 5.11 Å². The Labute approximate surface area is 86.3 Å². The molecule has 4 heteroatoms. The van der Waals surface area contributed by atoms with Gasteiger partial charge in [-0.05, 0) is 48.4 Å². The largest absolute Gasteiger partial charge is 0.545 e. The van der Waals surface area contributed by atoms with Gasteiger partial charge in [0.05, 0.1) is 5.97 Å².